The number of ether oxygens (including phenoxy) is 1. The summed E-state index contributed by atoms with van der Waals surface area (Å²) in [7, 11) is 0. The highest BCUT2D eigenvalue weighted by molar-refractivity contribution is 6.33. The lowest BCUT2D eigenvalue weighted by Gasteiger charge is -2.28. The van der Waals surface area contributed by atoms with E-state index in [0.29, 0.717) is 16.8 Å². The summed E-state index contributed by atoms with van der Waals surface area (Å²) in [5.41, 5.74) is 6.28. The third-order valence-electron chi connectivity index (χ3n) is 3.65. The summed E-state index contributed by atoms with van der Waals surface area (Å²) in [6, 6.07) is 5.51. The molecule has 0 atom stereocenters. The monoisotopic (exact) mass is 253 g/mol. The molecule has 3 heteroatoms. The van der Waals surface area contributed by atoms with E-state index in [9.17, 15) is 0 Å². The van der Waals surface area contributed by atoms with Crippen LogP contribution in [0.15, 0.2) is 18.2 Å². The Labute approximate surface area is 108 Å². The minimum absolute atomic E-state index is 0.345. The van der Waals surface area contributed by atoms with Crippen molar-refractivity contribution in [2.24, 2.45) is 5.92 Å². The topological polar surface area (TPSA) is 35.2 Å². The van der Waals surface area contributed by atoms with Gasteiger partial charge in [0.05, 0.1) is 16.8 Å². The Morgan fingerprint density at radius 3 is 2.59 bits per heavy atom. The molecule has 1 fully saturated rings. The molecular formula is C14H20ClNO. The minimum atomic E-state index is 0.345. The third-order valence-corrected chi connectivity index (χ3v) is 3.97. The number of nitrogens with two attached hydrogens (primary N) is 1. The zero-order chi connectivity index (χ0) is 12.3. The van der Waals surface area contributed by atoms with Gasteiger partial charge in [0.1, 0.15) is 5.75 Å². The lowest BCUT2D eigenvalue weighted by atomic mass is 9.86. The van der Waals surface area contributed by atoms with Crippen LogP contribution in [-0.4, -0.2) is 6.10 Å². The van der Waals surface area contributed by atoms with Crippen LogP contribution in [0.2, 0.25) is 5.02 Å². The molecule has 0 aliphatic heterocycles. The summed E-state index contributed by atoms with van der Waals surface area (Å²) in [5, 5.41) is 0.574. The van der Waals surface area contributed by atoms with Crippen LogP contribution in [-0.2, 0) is 0 Å². The zero-order valence-corrected chi connectivity index (χ0v) is 11.0. The molecule has 0 radical (unpaired) electrons. The molecule has 0 aromatic heterocycles. The number of hydrogen-bond acceptors (Lipinski definition) is 2. The average molecular weight is 254 g/mol. The van der Waals surface area contributed by atoms with Gasteiger partial charge in [0.15, 0.2) is 0 Å². The summed E-state index contributed by atoms with van der Waals surface area (Å²) in [4.78, 5) is 0. The van der Waals surface area contributed by atoms with Crippen LogP contribution in [0.1, 0.15) is 39.0 Å². The summed E-state index contributed by atoms with van der Waals surface area (Å²) in [6.07, 6.45) is 6.51. The Bertz CT molecular complexity index is 372. The van der Waals surface area contributed by atoms with Gasteiger partial charge in [0.25, 0.3) is 0 Å². The smallest absolute Gasteiger partial charge is 0.121 e. The third kappa shape index (κ3) is 3.29. The molecule has 2 rings (SSSR count). The van der Waals surface area contributed by atoms with Gasteiger partial charge >= 0.3 is 0 Å². The van der Waals surface area contributed by atoms with Crippen LogP contribution in [0, 0.1) is 5.92 Å². The quantitative estimate of drug-likeness (QED) is 0.817. The van der Waals surface area contributed by atoms with Crippen molar-refractivity contribution in [3.05, 3.63) is 23.2 Å². The fourth-order valence-corrected chi connectivity index (χ4v) is 2.60. The Morgan fingerprint density at radius 2 is 2.00 bits per heavy atom. The molecule has 1 aliphatic rings. The van der Waals surface area contributed by atoms with E-state index in [4.69, 9.17) is 22.1 Å². The molecule has 0 unspecified atom stereocenters. The van der Waals surface area contributed by atoms with Crippen LogP contribution in [0.4, 0.5) is 5.69 Å². The fourth-order valence-electron chi connectivity index (χ4n) is 2.43. The van der Waals surface area contributed by atoms with Crippen molar-refractivity contribution < 1.29 is 4.74 Å². The first-order chi connectivity index (χ1) is 8.19. The first-order valence-electron chi connectivity index (χ1n) is 6.40. The van der Waals surface area contributed by atoms with Gasteiger partial charge in [0.2, 0.25) is 0 Å². The fraction of sp³-hybridized carbons (Fsp3) is 0.571. The van der Waals surface area contributed by atoms with Crippen LogP contribution in [0.3, 0.4) is 0 Å². The summed E-state index contributed by atoms with van der Waals surface area (Å²) in [6.45, 7) is 2.27. The normalized spacial score (nSPS) is 24.6. The van der Waals surface area contributed by atoms with Crippen molar-refractivity contribution >= 4 is 17.3 Å². The highest BCUT2D eigenvalue weighted by Gasteiger charge is 2.21. The number of anilines is 1. The van der Waals surface area contributed by atoms with Gasteiger partial charge in [-0.3, -0.25) is 0 Å². The molecule has 0 spiro atoms. The molecular weight excluding hydrogens is 234 g/mol. The van der Waals surface area contributed by atoms with Crippen LogP contribution < -0.4 is 10.5 Å². The molecule has 0 bridgehead atoms. The number of rotatable bonds is 3. The van der Waals surface area contributed by atoms with Gasteiger partial charge in [-0.2, -0.15) is 0 Å². The van der Waals surface area contributed by atoms with E-state index in [2.05, 4.69) is 6.92 Å². The Balaban J connectivity index is 1.91. The van der Waals surface area contributed by atoms with Gasteiger partial charge in [-0.25, -0.2) is 0 Å². The standard InChI is InChI=1S/C14H20ClNO/c1-2-10-3-5-11(6-4-10)17-12-7-8-14(16)13(15)9-12/h7-11H,2-6,16H2,1H3. The highest BCUT2D eigenvalue weighted by atomic mass is 35.5. The van der Waals surface area contributed by atoms with Crippen molar-refractivity contribution in [3.8, 4) is 5.75 Å². The largest absolute Gasteiger partial charge is 0.490 e. The van der Waals surface area contributed by atoms with Crippen molar-refractivity contribution in [2.75, 3.05) is 5.73 Å². The summed E-state index contributed by atoms with van der Waals surface area (Å²) >= 11 is 5.97. The van der Waals surface area contributed by atoms with Crippen LogP contribution >= 0.6 is 11.6 Å². The molecule has 94 valence electrons. The molecule has 1 saturated carbocycles. The molecule has 0 heterocycles. The van der Waals surface area contributed by atoms with Gasteiger partial charge in [-0.05, 0) is 43.7 Å². The molecule has 1 aromatic carbocycles. The van der Waals surface area contributed by atoms with E-state index in [1.807, 2.05) is 12.1 Å². The predicted molar refractivity (Wildman–Crippen MR) is 72.5 cm³/mol. The van der Waals surface area contributed by atoms with E-state index in [0.717, 1.165) is 24.5 Å². The van der Waals surface area contributed by atoms with Crippen molar-refractivity contribution in [3.63, 3.8) is 0 Å². The molecule has 0 amide bonds. The number of halogens is 1. The number of benzene rings is 1. The summed E-state index contributed by atoms with van der Waals surface area (Å²) in [5.74, 6) is 1.73. The zero-order valence-electron chi connectivity index (χ0n) is 10.3. The van der Waals surface area contributed by atoms with Gasteiger partial charge < -0.3 is 10.5 Å². The Hall–Kier alpha value is -0.890. The molecule has 0 saturated heterocycles. The van der Waals surface area contributed by atoms with Gasteiger partial charge in [0, 0.05) is 6.07 Å². The second kappa shape index (κ2) is 5.63. The Morgan fingerprint density at radius 1 is 1.29 bits per heavy atom. The SMILES string of the molecule is CCC1CCC(Oc2ccc(N)c(Cl)c2)CC1. The van der Waals surface area contributed by atoms with E-state index in [1.165, 1.54) is 19.3 Å². The van der Waals surface area contributed by atoms with E-state index >= 15 is 0 Å². The lowest BCUT2D eigenvalue weighted by molar-refractivity contribution is 0.130. The van der Waals surface area contributed by atoms with Crippen molar-refractivity contribution in [1.82, 2.24) is 0 Å². The van der Waals surface area contributed by atoms with E-state index < -0.39 is 0 Å². The molecule has 2 nitrogen and oxygen atoms in total. The summed E-state index contributed by atoms with van der Waals surface area (Å²) < 4.78 is 5.94. The van der Waals surface area contributed by atoms with Crippen LogP contribution in [0.25, 0.3) is 0 Å². The Kier molecular flexibility index (Phi) is 4.16. The van der Waals surface area contributed by atoms with E-state index in [-0.39, 0.29) is 0 Å². The molecule has 17 heavy (non-hydrogen) atoms. The average Bonchev–Trinajstić information content (AvgIpc) is 2.35. The molecule has 1 aromatic rings. The second-order valence-electron chi connectivity index (χ2n) is 4.85. The maximum atomic E-state index is 5.97. The molecule has 2 N–H and O–H groups in total. The predicted octanol–water partition coefficient (Wildman–Crippen LogP) is 4.27. The second-order valence-corrected chi connectivity index (χ2v) is 5.26. The number of nitrogen functional groups attached to an aromatic ring is 1. The minimum Gasteiger partial charge on any atom is -0.490 e. The van der Waals surface area contributed by atoms with Crippen LogP contribution in [0.5, 0.6) is 5.75 Å². The maximum Gasteiger partial charge on any atom is 0.121 e. The highest BCUT2D eigenvalue weighted by Crippen LogP contribution is 2.31. The van der Waals surface area contributed by atoms with Gasteiger partial charge in [-0.15, -0.1) is 0 Å². The first kappa shape index (κ1) is 12.6. The van der Waals surface area contributed by atoms with Gasteiger partial charge in [-0.1, -0.05) is 24.9 Å². The maximum absolute atomic E-state index is 5.97. The number of hydrogen-bond donors (Lipinski definition) is 1. The first-order valence-corrected chi connectivity index (χ1v) is 6.78. The van der Waals surface area contributed by atoms with Crippen molar-refractivity contribution in [1.29, 1.82) is 0 Å². The lowest BCUT2D eigenvalue weighted by Crippen LogP contribution is -2.23. The molecule has 1 aliphatic carbocycles. The van der Waals surface area contributed by atoms with E-state index in [1.54, 1.807) is 6.07 Å². The van der Waals surface area contributed by atoms with Crippen molar-refractivity contribution in [2.45, 2.75) is 45.1 Å².